The number of amides is 3. The molecular formula is C20H24ClFN3O3+. The number of imide groups is 1. The molecule has 3 aliphatic rings. The van der Waals surface area contributed by atoms with E-state index in [0.717, 1.165) is 54.6 Å². The van der Waals surface area contributed by atoms with Crippen LogP contribution >= 0.6 is 11.6 Å². The quantitative estimate of drug-likeness (QED) is 0.760. The number of hydrogen-bond acceptors (Lipinski definition) is 3. The summed E-state index contributed by atoms with van der Waals surface area (Å²) in [6.45, 7) is 3.12. The van der Waals surface area contributed by atoms with E-state index in [1.807, 2.05) is 4.90 Å². The Morgan fingerprint density at radius 3 is 2.46 bits per heavy atom. The second-order valence-electron chi connectivity index (χ2n) is 7.89. The summed E-state index contributed by atoms with van der Waals surface area (Å²) in [6.07, 6.45) is 3.78. The maximum atomic E-state index is 13.4. The molecule has 3 saturated heterocycles. The largest absolute Gasteiger partial charge is 0.342 e. The molecule has 1 aromatic rings. The third-order valence-electron chi connectivity index (χ3n) is 6.20. The lowest BCUT2D eigenvalue weighted by Gasteiger charge is -2.33. The number of likely N-dealkylation sites (tertiary alicyclic amines) is 2. The summed E-state index contributed by atoms with van der Waals surface area (Å²) in [7, 11) is 0. The Kier molecular flexibility index (Phi) is 5.38. The molecule has 1 atom stereocenters. The van der Waals surface area contributed by atoms with Crippen molar-refractivity contribution in [1.29, 1.82) is 0 Å². The molecule has 0 unspecified atom stereocenters. The van der Waals surface area contributed by atoms with E-state index < -0.39 is 11.9 Å². The maximum Gasteiger partial charge on any atom is 0.292 e. The summed E-state index contributed by atoms with van der Waals surface area (Å²) in [5.41, 5.74) is 0.308. The van der Waals surface area contributed by atoms with Crippen molar-refractivity contribution in [2.24, 2.45) is 5.92 Å². The summed E-state index contributed by atoms with van der Waals surface area (Å²) >= 11 is 5.81. The van der Waals surface area contributed by atoms with E-state index in [-0.39, 0.29) is 35.1 Å². The minimum absolute atomic E-state index is 0.0288. The van der Waals surface area contributed by atoms with Gasteiger partial charge in [-0.1, -0.05) is 11.6 Å². The van der Waals surface area contributed by atoms with Crippen LogP contribution in [0.3, 0.4) is 0 Å². The Morgan fingerprint density at radius 1 is 1.14 bits per heavy atom. The Morgan fingerprint density at radius 2 is 1.82 bits per heavy atom. The molecule has 150 valence electrons. The van der Waals surface area contributed by atoms with Gasteiger partial charge in [0.1, 0.15) is 5.82 Å². The van der Waals surface area contributed by atoms with E-state index in [1.54, 1.807) is 0 Å². The van der Waals surface area contributed by atoms with E-state index in [9.17, 15) is 18.8 Å². The molecule has 28 heavy (non-hydrogen) atoms. The second kappa shape index (κ2) is 7.79. The van der Waals surface area contributed by atoms with Gasteiger partial charge in [0.15, 0.2) is 6.04 Å². The van der Waals surface area contributed by atoms with Gasteiger partial charge in [-0.3, -0.25) is 14.4 Å². The molecule has 3 aliphatic heterocycles. The summed E-state index contributed by atoms with van der Waals surface area (Å²) in [4.78, 5) is 42.1. The van der Waals surface area contributed by atoms with E-state index in [1.165, 1.54) is 12.1 Å². The van der Waals surface area contributed by atoms with Crippen LogP contribution in [-0.4, -0.2) is 54.8 Å². The normalized spacial score (nSPS) is 28.3. The van der Waals surface area contributed by atoms with Crippen LogP contribution in [0.5, 0.6) is 0 Å². The van der Waals surface area contributed by atoms with Crippen LogP contribution in [0.2, 0.25) is 5.02 Å². The van der Waals surface area contributed by atoms with Gasteiger partial charge in [0.05, 0.1) is 30.2 Å². The highest BCUT2D eigenvalue weighted by atomic mass is 35.5. The molecule has 0 aliphatic carbocycles. The first-order valence-electron chi connectivity index (χ1n) is 9.91. The Bertz CT molecular complexity index is 804. The van der Waals surface area contributed by atoms with Gasteiger partial charge in [-0.15, -0.1) is 0 Å². The molecule has 6 nitrogen and oxygen atoms in total. The Balaban J connectivity index is 1.40. The SMILES string of the molecule is O=C(C1CC[NH+]([C@@H]2CC(=O)N(c3ccc(F)c(Cl)c3)C2=O)CC1)N1CCCC1. The predicted molar refractivity (Wildman–Crippen MR) is 102 cm³/mol. The number of benzene rings is 1. The second-order valence-corrected chi connectivity index (χ2v) is 8.29. The van der Waals surface area contributed by atoms with Crippen molar-refractivity contribution < 1.29 is 23.7 Å². The molecular weight excluding hydrogens is 385 g/mol. The van der Waals surface area contributed by atoms with Crippen molar-refractivity contribution >= 4 is 35.0 Å². The molecule has 8 heteroatoms. The molecule has 3 amide bonds. The number of hydrogen-bond donors (Lipinski definition) is 1. The number of carbonyl (C=O) groups is 3. The van der Waals surface area contributed by atoms with Crippen LogP contribution in [0, 0.1) is 11.7 Å². The van der Waals surface area contributed by atoms with Crippen molar-refractivity contribution in [2.75, 3.05) is 31.1 Å². The van der Waals surface area contributed by atoms with Gasteiger partial charge >= 0.3 is 0 Å². The first-order chi connectivity index (χ1) is 13.5. The Labute approximate surface area is 168 Å². The molecule has 3 fully saturated rings. The minimum Gasteiger partial charge on any atom is -0.342 e. The van der Waals surface area contributed by atoms with Crippen molar-refractivity contribution in [1.82, 2.24) is 4.90 Å². The van der Waals surface area contributed by atoms with E-state index in [2.05, 4.69) is 0 Å². The first-order valence-corrected chi connectivity index (χ1v) is 10.3. The Hall–Kier alpha value is -1.99. The van der Waals surface area contributed by atoms with Crippen LogP contribution < -0.4 is 9.80 Å². The highest BCUT2D eigenvalue weighted by molar-refractivity contribution is 6.31. The molecule has 0 spiro atoms. The van der Waals surface area contributed by atoms with Crippen LogP contribution in [-0.2, 0) is 14.4 Å². The van der Waals surface area contributed by atoms with Crippen LogP contribution in [0.4, 0.5) is 10.1 Å². The van der Waals surface area contributed by atoms with E-state index in [0.29, 0.717) is 18.8 Å². The number of carbonyl (C=O) groups excluding carboxylic acids is 3. The molecule has 3 heterocycles. The molecule has 0 aromatic heterocycles. The highest BCUT2D eigenvalue weighted by Gasteiger charge is 2.47. The highest BCUT2D eigenvalue weighted by Crippen LogP contribution is 2.27. The zero-order chi connectivity index (χ0) is 19.8. The lowest BCUT2D eigenvalue weighted by molar-refractivity contribution is -0.920. The number of nitrogens with one attached hydrogen (secondary N) is 1. The number of nitrogens with zero attached hydrogens (tertiary/aromatic N) is 2. The number of anilines is 1. The number of halogens is 2. The summed E-state index contributed by atoms with van der Waals surface area (Å²) in [5, 5.41) is -0.116. The zero-order valence-corrected chi connectivity index (χ0v) is 16.4. The number of rotatable bonds is 3. The summed E-state index contributed by atoms with van der Waals surface area (Å²) < 4.78 is 13.4. The lowest BCUT2D eigenvalue weighted by Crippen LogP contribution is -3.17. The smallest absolute Gasteiger partial charge is 0.292 e. The topological polar surface area (TPSA) is 62.1 Å². The third kappa shape index (κ3) is 3.53. The van der Waals surface area contributed by atoms with Crippen molar-refractivity contribution in [3.8, 4) is 0 Å². The minimum atomic E-state index is -0.587. The summed E-state index contributed by atoms with van der Waals surface area (Å²) in [6, 6.07) is 3.42. The van der Waals surface area contributed by atoms with Crippen molar-refractivity contribution in [3.63, 3.8) is 0 Å². The summed E-state index contributed by atoms with van der Waals surface area (Å²) in [5.74, 6) is -0.877. The van der Waals surface area contributed by atoms with Crippen LogP contribution in [0.25, 0.3) is 0 Å². The average Bonchev–Trinajstić information content (AvgIpc) is 3.32. The van der Waals surface area contributed by atoms with Crippen molar-refractivity contribution in [3.05, 3.63) is 29.0 Å². The average molecular weight is 409 g/mol. The molecule has 0 radical (unpaired) electrons. The lowest BCUT2D eigenvalue weighted by atomic mass is 9.94. The molecule has 1 aromatic carbocycles. The third-order valence-corrected chi connectivity index (χ3v) is 6.49. The maximum absolute atomic E-state index is 13.4. The predicted octanol–water partition coefficient (Wildman–Crippen LogP) is 1.03. The monoisotopic (exact) mass is 408 g/mol. The van der Waals surface area contributed by atoms with Crippen LogP contribution in [0.15, 0.2) is 18.2 Å². The van der Waals surface area contributed by atoms with Gasteiger partial charge in [0.2, 0.25) is 11.8 Å². The van der Waals surface area contributed by atoms with Gasteiger partial charge < -0.3 is 9.80 Å². The molecule has 1 N–H and O–H groups in total. The van der Waals surface area contributed by atoms with E-state index >= 15 is 0 Å². The van der Waals surface area contributed by atoms with Crippen molar-refractivity contribution in [2.45, 2.75) is 38.1 Å². The van der Waals surface area contributed by atoms with Gasteiger partial charge in [0.25, 0.3) is 5.91 Å². The first kappa shape index (κ1) is 19.3. The van der Waals surface area contributed by atoms with Gasteiger partial charge in [-0.25, -0.2) is 9.29 Å². The number of quaternary nitrogens is 1. The zero-order valence-electron chi connectivity index (χ0n) is 15.6. The fourth-order valence-electron chi connectivity index (χ4n) is 4.63. The fraction of sp³-hybridized carbons (Fsp3) is 0.550. The van der Waals surface area contributed by atoms with Crippen LogP contribution in [0.1, 0.15) is 32.1 Å². The van der Waals surface area contributed by atoms with E-state index in [4.69, 9.17) is 11.6 Å². The van der Waals surface area contributed by atoms with Gasteiger partial charge in [-0.2, -0.15) is 0 Å². The number of piperidine rings is 1. The fourth-order valence-corrected chi connectivity index (χ4v) is 4.80. The van der Waals surface area contributed by atoms with Gasteiger partial charge in [0, 0.05) is 31.8 Å². The molecule has 4 rings (SSSR count). The molecule has 0 saturated carbocycles. The molecule has 0 bridgehead atoms. The van der Waals surface area contributed by atoms with Gasteiger partial charge in [-0.05, 0) is 31.0 Å². The standard InChI is InChI=1S/C20H23ClFN3O3/c21-15-11-14(3-4-16(15)22)25-18(26)12-17(20(25)28)23-9-5-13(6-10-23)19(27)24-7-1-2-8-24/h3-4,11,13,17H,1-2,5-10,12H2/p+1/t17-/m1/s1.